The van der Waals surface area contributed by atoms with Crippen LogP contribution in [0.4, 0.5) is 14.5 Å². The Morgan fingerprint density at radius 2 is 1.86 bits per heavy atom. The molecule has 0 unspecified atom stereocenters. The highest BCUT2D eigenvalue weighted by Gasteiger charge is 2.21. The van der Waals surface area contributed by atoms with Gasteiger partial charge in [0.05, 0.1) is 17.5 Å². The van der Waals surface area contributed by atoms with Crippen molar-refractivity contribution in [2.45, 2.75) is 6.42 Å². The van der Waals surface area contributed by atoms with Gasteiger partial charge in [0.15, 0.2) is 5.58 Å². The third-order valence-electron chi connectivity index (χ3n) is 5.49. The van der Waals surface area contributed by atoms with Crippen molar-refractivity contribution >= 4 is 27.8 Å². The zero-order valence-electron chi connectivity index (χ0n) is 15.6. The lowest BCUT2D eigenvalue weighted by Gasteiger charge is -2.36. The molecule has 0 spiro atoms. The van der Waals surface area contributed by atoms with Crippen molar-refractivity contribution in [3.8, 4) is 0 Å². The molecule has 3 heterocycles. The van der Waals surface area contributed by atoms with Crippen molar-refractivity contribution in [2.75, 3.05) is 37.6 Å². The van der Waals surface area contributed by atoms with Crippen LogP contribution in [0.3, 0.4) is 0 Å². The third kappa shape index (κ3) is 3.40. The summed E-state index contributed by atoms with van der Waals surface area (Å²) in [4.78, 5) is 18.3. The number of nitrogens with zero attached hydrogens (tertiary/aromatic N) is 2. The van der Waals surface area contributed by atoms with Gasteiger partial charge >= 0.3 is 5.76 Å². The van der Waals surface area contributed by atoms with E-state index >= 15 is 0 Å². The molecule has 0 atom stereocenters. The summed E-state index contributed by atoms with van der Waals surface area (Å²) < 4.78 is 38.2. The molecule has 29 heavy (non-hydrogen) atoms. The van der Waals surface area contributed by atoms with Crippen molar-refractivity contribution in [1.82, 2.24) is 9.88 Å². The molecule has 4 aromatic rings. The second kappa shape index (κ2) is 7.04. The molecule has 2 aromatic carbocycles. The van der Waals surface area contributed by atoms with Crippen LogP contribution in [-0.2, 0) is 6.42 Å². The van der Waals surface area contributed by atoms with Gasteiger partial charge in [-0.2, -0.15) is 0 Å². The first-order valence-electron chi connectivity index (χ1n) is 9.52. The van der Waals surface area contributed by atoms with E-state index in [0.717, 1.165) is 37.0 Å². The number of oxazole rings is 1. The summed E-state index contributed by atoms with van der Waals surface area (Å²) in [6.45, 7) is 3.77. The molecule has 1 aliphatic rings. The second-order valence-electron chi connectivity index (χ2n) is 7.30. The number of benzene rings is 2. The van der Waals surface area contributed by atoms with Crippen molar-refractivity contribution in [2.24, 2.45) is 0 Å². The fourth-order valence-electron chi connectivity index (χ4n) is 3.98. The van der Waals surface area contributed by atoms with Crippen molar-refractivity contribution in [1.29, 1.82) is 0 Å². The first-order chi connectivity index (χ1) is 14.1. The SMILES string of the molecule is O=c1[nH]c2cc(F)cc(N3CCN(CCc4coc5ccc(F)cc45)CC3)c2o1. The average Bonchev–Trinajstić information content (AvgIpc) is 3.28. The minimum atomic E-state index is -0.589. The molecule has 150 valence electrons. The highest BCUT2D eigenvalue weighted by molar-refractivity contribution is 5.86. The van der Waals surface area contributed by atoms with Crippen molar-refractivity contribution in [3.05, 3.63) is 64.3 Å². The van der Waals surface area contributed by atoms with Crippen LogP contribution in [0.25, 0.3) is 22.1 Å². The molecular weight excluding hydrogens is 380 g/mol. The Morgan fingerprint density at radius 3 is 2.69 bits per heavy atom. The van der Waals surface area contributed by atoms with Crippen LogP contribution in [0.2, 0.25) is 0 Å². The lowest BCUT2D eigenvalue weighted by molar-refractivity contribution is 0.261. The molecule has 1 saturated heterocycles. The maximum Gasteiger partial charge on any atom is 0.417 e. The highest BCUT2D eigenvalue weighted by Crippen LogP contribution is 2.28. The molecule has 0 aliphatic carbocycles. The molecule has 0 amide bonds. The fraction of sp³-hybridized carbons (Fsp3) is 0.286. The number of aromatic amines is 1. The molecule has 0 saturated carbocycles. The van der Waals surface area contributed by atoms with Gasteiger partial charge in [0.2, 0.25) is 0 Å². The summed E-state index contributed by atoms with van der Waals surface area (Å²) >= 11 is 0. The summed E-state index contributed by atoms with van der Waals surface area (Å²) in [6, 6.07) is 7.21. The van der Waals surface area contributed by atoms with E-state index < -0.39 is 11.6 Å². The quantitative estimate of drug-likeness (QED) is 0.569. The predicted molar refractivity (Wildman–Crippen MR) is 105 cm³/mol. The fourth-order valence-corrected chi connectivity index (χ4v) is 3.98. The Morgan fingerprint density at radius 1 is 1.03 bits per heavy atom. The van der Waals surface area contributed by atoms with Crippen LogP contribution in [0, 0.1) is 11.6 Å². The Hall–Kier alpha value is -3.13. The van der Waals surface area contributed by atoms with Crippen LogP contribution in [-0.4, -0.2) is 42.6 Å². The zero-order chi connectivity index (χ0) is 20.0. The van der Waals surface area contributed by atoms with Crippen molar-refractivity contribution < 1.29 is 17.6 Å². The van der Waals surface area contributed by atoms with Gasteiger partial charge in [-0.1, -0.05) is 0 Å². The lowest BCUT2D eigenvalue weighted by Crippen LogP contribution is -2.47. The van der Waals surface area contributed by atoms with E-state index in [4.69, 9.17) is 8.83 Å². The van der Waals surface area contributed by atoms with E-state index in [1.807, 2.05) is 4.90 Å². The van der Waals surface area contributed by atoms with E-state index in [1.54, 1.807) is 12.3 Å². The summed E-state index contributed by atoms with van der Waals surface area (Å²) in [5.41, 5.74) is 3.02. The third-order valence-corrected chi connectivity index (χ3v) is 5.49. The minimum Gasteiger partial charge on any atom is -0.464 e. The Balaban J connectivity index is 1.26. The number of nitrogens with one attached hydrogen (secondary N) is 1. The van der Waals surface area contributed by atoms with Gasteiger partial charge in [0, 0.05) is 50.2 Å². The van der Waals surface area contributed by atoms with Crippen LogP contribution >= 0.6 is 0 Å². The van der Waals surface area contributed by atoms with Gasteiger partial charge in [-0.15, -0.1) is 0 Å². The first-order valence-corrected chi connectivity index (χ1v) is 9.52. The molecule has 6 nitrogen and oxygen atoms in total. The number of fused-ring (bicyclic) bond motifs is 2. The number of halogens is 2. The standard InChI is InChI=1S/C21H19F2N3O3/c22-14-1-2-19-16(9-14)13(12-28-19)3-4-25-5-7-26(8-6-25)18-11-15(23)10-17-20(18)29-21(27)24-17/h1-2,9-12H,3-8H2,(H,24,27). The molecule has 2 aromatic heterocycles. The monoisotopic (exact) mass is 399 g/mol. The van der Waals surface area contributed by atoms with E-state index in [2.05, 4.69) is 9.88 Å². The maximum atomic E-state index is 13.9. The molecule has 1 aliphatic heterocycles. The average molecular weight is 399 g/mol. The molecule has 0 radical (unpaired) electrons. The van der Waals surface area contributed by atoms with Gasteiger partial charge < -0.3 is 13.7 Å². The number of furan rings is 1. The molecule has 1 N–H and O–H groups in total. The van der Waals surface area contributed by atoms with E-state index in [0.29, 0.717) is 35.5 Å². The van der Waals surface area contributed by atoms with E-state index in [1.165, 1.54) is 24.3 Å². The van der Waals surface area contributed by atoms with Crippen LogP contribution in [0.15, 0.2) is 50.2 Å². The smallest absolute Gasteiger partial charge is 0.417 e. The highest BCUT2D eigenvalue weighted by atomic mass is 19.1. The Bertz CT molecular complexity index is 1240. The number of anilines is 1. The normalized spacial score (nSPS) is 15.6. The molecule has 8 heteroatoms. The van der Waals surface area contributed by atoms with Crippen LogP contribution in [0.1, 0.15) is 5.56 Å². The summed E-state index contributed by atoms with van der Waals surface area (Å²) in [7, 11) is 0. The van der Waals surface area contributed by atoms with Gasteiger partial charge in [-0.05, 0) is 30.2 Å². The van der Waals surface area contributed by atoms with E-state index in [9.17, 15) is 13.6 Å². The number of hydrogen-bond donors (Lipinski definition) is 1. The number of H-pyrrole nitrogens is 1. The Kier molecular flexibility index (Phi) is 4.35. The van der Waals surface area contributed by atoms with Gasteiger partial charge in [-0.3, -0.25) is 9.88 Å². The Labute approximate surface area is 164 Å². The number of hydrogen-bond acceptors (Lipinski definition) is 5. The summed E-state index contributed by atoms with van der Waals surface area (Å²) in [5, 5.41) is 0.813. The molecule has 5 rings (SSSR count). The van der Waals surface area contributed by atoms with Gasteiger partial charge in [0.25, 0.3) is 0 Å². The summed E-state index contributed by atoms with van der Waals surface area (Å²) in [6.07, 6.45) is 2.45. The van der Waals surface area contributed by atoms with Crippen LogP contribution in [0.5, 0.6) is 0 Å². The molecular formula is C21H19F2N3O3. The summed E-state index contributed by atoms with van der Waals surface area (Å²) in [5.74, 6) is -1.27. The van der Waals surface area contributed by atoms with Gasteiger partial charge in [0.1, 0.15) is 17.2 Å². The topological polar surface area (TPSA) is 65.6 Å². The number of aromatic nitrogens is 1. The van der Waals surface area contributed by atoms with Crippen molar-refractivity contribution in [3.63, 3.8) is 0 Å². The number of rotatable bonds is 4. The second-order valence-corrected chi connectivity index (χ2v) is 7.30. The minimum absolute atomic E-state index is 0.272. The molecule has 1 fully saturated rings. The van der Waals surface area contributed by atoms with E-state index in [-0.39, 0.29) is 5.82 Å². The maximum absolute atomic E-state index is 13.9. The first kappa shape index (κ1) is 17.9. The molecule has 0 bridgehead atoms. The zero-order valence-corrected chi connectivity index (χ0v) is 15.6. The van der Waals surface area contributed by atoms with Crippen LogP contribution < -0.4 is 10.7 Å². The largest absolute Gasteiger partial charge is 0.464 e. The predicted octanol–water partition coefficient (Wildman–Crippen LogP) is 3.51. The lowest BCUT2D eigenvalue weighted by atomic mass is 10.1. The van der Waals surface area contributed by atoms with Gasteiger partial charge in [-0.25, -0.2) is 13.6 Å². The number of piperazine rings is 1.